The Labute approximate surface area is 52.8 Å². The van der Waals surface area contributed by atoms with Crippen molar-refractivity contribution in [3.05, 3.63) is 0 Å². The molecule has 0 aromatic carbocycles. The van der Waals surface area contributed by atoms with Crippen LogP contribution < -0.4 is 0 Å². The average Bonchev–Trinajstić information content (AvgIpc) is 1.67. The van der Waals surface area contributed by atoms with Crippen LogP contribution in [0, 0.1) is 0 Å². The lowest BCUT2D eigenvalue weighted by Crippen LogP contribution is -2.16. The van der Waals surface area contributed by atoms with Crippen LogP contribution in [-0.4, -0.2) is 11.8 Å². The molecule has 0 fully saturated rings. The van der Waals surface area contributed by atoms with Crippen LogP contribution in [0.1, 0.15) is 19.8 Å². The standard InChI is InChI=1S/C5H9ClF2/c1-2-3-5(7,8)4-6/h2-4H2,1H3. The van der Waals surface area contributed by atoms with Crippen molar-refractivity contribution >= 4 is 11.6 Å². The number of hydrogen-bond donors (Lipinski definition) is 0. The SMILES string of the molecule is CCCC(F)(F)CCl. The molecule has 50 valence electrons. The Hall–Kier alpha value is 0.150. The Kier molecular flexibility index (Phi) is 3.29. The molecule has 0 aliphatic carbocycles. The second kappa shape index (κ2) is 3.23. The first kappa shape index (κ1) is 8.15. The van der Waals surface area contributed by atoms with Gasteiger partial charge in [0.1, 0.15) is 0 Å². The van der Waals surface area contributed by atoms with Gasteiger partial charge in [0.05, 0.1) is 5.88 Å². The topological polar surface area (TPSA) is 0 Å². The molecule has 0 N–H and O–H groups in total. The van der Waals surface area contributed by atoms with Crippen molar-refractivity contribution in [2.24, 2.45) is 0 Å². The van der Waals surface area contributed by atoms with Gasteiger partial charge in [0.2, 0.25) is 0 Å². The quantitative estimate of drug-likeness (QED) is 0.532. The Morgan fingerprint density at radius 1 is 1.50 bits per heavy atom. The van der Waals surface area contributed by atoms with Crippen molar-refractivity contribution in [3.8, 4) is 0 Å². The summed E-state index contributed by atoms with van der Waals surface area (Å²) < 4.78 is 24.0. The Balaban J connectivity index is 3.37. The molecule has 0 nitrogen and oxygen atoms in total. The normalized spacial score (nSPS) is 12.0. The van der Waals surface area contributed by atoms with Gasteiger partial charge in [-0.1, -0.05) is 13.3 Å². The van der Waals surface area contributed by atoms with E-state index in [0.29, 0.717) is 6.42 Å². The zero-order valence-corrected chi connectivity index (χ0v) is 5.51. The summed E-state index contributed by atoms with van der Waals surface area (Å²) in [6, 6.07) is 0. The van der Waals surface area contributed by atoms with Crippen LogP contribution in [0.3, 0.4) is 0 Å². The number of halogens is 3. The molecule has 0 aliphatic heterocycles. The van der Waals surface area contributed by atoms with Gasteiger partial charge in [-0.3, -0.25) is 0 Å². The second-order valence-corrected chi connectivity index (χ2v) is 2.01. The maximum absolute atomic E-state index is 12.0. The van der Waals surface area contributed by atoms with Crippen molar-refractivity contribution in [1.82, 2.24) is 0 Å². The van der Waals surface area contributed by atoms with Gasteiger partial charge in [-0.25, -0.2) is 8.78 Å². The molecule has 8 heavy (non-hydrogen) atoms. The number of alkyl halides is 3. The Morgan fingerprint density at radius 3 is 2.12 bits per heavy atom. The highest BCUT2D eigenvalue weighted by molar-refractivity contribution is 6.18. The van der Waals surface area contributed by atoms with E-state index in [4.69, 9.17) is 11.6 Å². The molecule has 0 saturated heterocycles. The van der Waals surface area contributed by atoms with Crippen LogP contribution in [0.25, 0.3) is 0 Å². The minimum Gasteiger partial charge on any atom is -0.206 e. The van der Waals surface area contributed by atoms with E-state index in [1.165, 1.54) is 0 Å². The van der Waals surface area contributed by atoms with E-state index in [0.717, 1.165) is 0 Å². The third-order valence-electron chi connectivity index (χ3n) is 0.811. The highest BCUT2D eigenvalue weighted by atomic mass is 35.5. The maximum atomic E-state index is 12.0. The molecule has 0 rings (SSSR count). The summed E-state index contributed by atoms with van der Waals surface area (Å²) in [7, 11) is 0. The molecule has 0 heterocycles. The lowest BCUT2D eigenvalue weighted by Gasteiger charge is -2.09. The van der Waals surface area contributed by atoms with Gasteiger partial charge in [-0.05, 0) is 0 Å². The van der Waals surface area contributed by atoms with Gasteiger partial charge >= 0.3 is 0 Å². The summed E-state index contributed by atoms with van der Waals surface area (Å²) in [5.74, 6) is -3.20. The van der Waals surface area contributed by atoms with Crippen molar-refractivity contribution < 1.29 is 8.78 Å². The fraction of sp³-hybridized carbons (Fsp3) is 1.00. The summed E-state index contributed by atoms with van der Waals surface area (Å²) in [4.78, 5) is 0. The molecule has 0 spiro atoms. The van der Waals surface area contributed by atoms with Crippen LogP contribution in [0.2, 0.25) is 0 Å². The summed E-state index contributed by atoms with van der Waals surface area (Å²) in [5.41, 5.74) is 0. The molecule has 0 aliphatic rings. The maximum Gasteiger partial charge on any atom is 0.261 e. The van der Waals surface area contributed by atoms with Gasteiger partial charge in [-0.15, -0.1) is 11.6 Å². The number of hydrogen-bond acceptors (Lipinski definition) is 0. The van der Waals surface area contributed by atoms with Crippen LogP contribution >= 0.6 is 11.6 Å². The first-order valence-corrected chi connectivity index (χ1v) is 3.09. The first-order chi connectivity index (χ1) is 3.62. The predicted octanol–water partition coefficient (Wildman–Crippen LogP) is 2.66. The fourth-order valence-corrected chi connectivity index (χ4v) is 0.566. The average molecular weight is 143 g/mol. The Bertz CT molecular complexity index is 63.4. The van der Waals surface area contributed by atoms with E-state index < -0.39 is 11.8 Å². The van der Waals surface area contributed by atoms with Gasteiger partial charge < -0.3 is 0 Å². The third kappa shape index (κ3) is 3.19. The molecule has 3 heteroatoms. The van der Waals surface area contributed by atoms with Crippen LogP contribution in [0.5, 0.6) is 0 Å². The van der Waals surface area contributed by atoms with Crippen molar-refractivity contribution in [3.63, 3.8) is 0 Å². The van der Waals surface area contributed by atoms with Crippen LogP contribution in [0.4, 0.5) is 8.78 Å². The van der Waals surface area contributed by atoms with Gasteiger partial charge in [0, 0.05) is 6.42 Å². The number of rotatable bonds is 3. The summed E-state index contributed by atoms with van der Waals surface area (Å²) in [5, 5.41) is 0. The summed E-state index contributed by atoms with van der Waals surface area (Å²) >= 11 is 4.92. The lowest BCUT2D eigenvalue weighted by atomic mass is 10.2. The van der Waals surface area contributed by atoms with E-state index in [-0.39, 0.29) is 6.42 Å². The first-order valence-electron chi connectivity index (χ1n) is 2.56. The molecule has 0 unspecified atom stereocenters. The zero-order valence-electron chi connectivity index (χ0n) is 4.76. The zero-order chi connectivity index (χ0) is 6.62. The van der Waals surface area contributed by atoms with Crippen molar-refractivity contribution in [2.45, 2.75) is 25.7 Å². The van der Waals surface area contributed by atoms with Crippen LogP contribution in [0.15, 0.2) is 0 Å². The van der Waals surface area contributed by atoms with E-state index in [9.17, 15) is 8.78 Å². The van der Waals surface area contributed by atoms with Gasteiger partial charge in [0.15, 0.2) is 0 Å². The highest BCUT2D eigenvalue weighted by Crippen LogP contribution is 2.20. The fourth-order valence-electron chi connectivity index (χ4n) is 0.433. The van der Waals surface area contributed by atoms with E-state index in [1.54, 1.807) is 6.92 Å². The molecule has 0 saturated carbocycles. The molecule has 0 bridgehead atoms. The molecular weight excluding hydrogens is 134 g/mol. The third-order valence-corrected chi connectivity index (χ3v) is 1.20. The highest BCUT2D eigenvalue weighted by Gasteiger charge is 2.25. The predicted molar refractivity (Wildman–Crippen MR) is 30.6 cm³/mol. The van der Waals surface area contributed by atoms with Gasteiger partial charge in [0.25, 0.3) is 5.92 Å². The van der Waals surface area contributed by atoms with Crippen molar-refractivity contribution in [1.29, 1.82) is 0 Å². The minimum absolute atomic E-state index is 0.101. The van der Waals surface area contributed by atoms with Crippen molar-refractivity contribution in [2.75, 3.05) is 5.88 Å². The largest absolute Gasteiger partial charge is 0.261 e. The molecule has 0 radical (unpaired) electrons. The van der Waals surface area contributed by atoms with E-state index in [2.05, 4.69) is 0 Å². The second-order valence-electron chi connectivity index (χ2n) is 1.74. The smallest absolute Gasteiger partial charge is 0.206 e. The Morgan fingerprint density at radius 2 is 2.00 bits per heavy atom. The van der Waals surface area contributed by atoms with E-state index >= 15 is 0 Å². The molecule has 0 atom stereocenters. The monoisotopic (exact) mass is 142 g/mol. The molecule has 0 aromatic heterocycles. The minimum atomic E-state index is -2.64. The molecular formula is C5H9ClF2. The summed E-state index contributed by atoms with van der Waals surface area (Å²) in [6.07, 6.45) is 0.385. The molecule has 0 aromatic rings. The van der Waals surface area contributed by atoms with E-state index in [1.807, 2.05) is 0 Å². The summed E-state index contributed by atoms with van der Waals surface area (Å²) in [6.45, 7) is 1.71. The lowest BCUT2D eigenvalue weighted by molar-refractivity contribution is 0.0161. The molecule has 0 amide bonds. The van der Waals surface area contributed by atoms with Gasteiger partial charge in [-0.2, -0.15) is 0 Å². The van der Waals surface area contributed by atoms with Crippen LogP contribution in [-0.2, 0) is 0 Å².